The van der Waals surface area contributed by atoms with Crippen molar-refractivity contribution in [1.82, 2.24) is 4.98 Å². The summed E-state index contributed by atoms with van der Waals surface area (Å²) < 4.78 is 18.3. The van der Waals surface area contributed by atoms with Crippen LogP contribution in [0.4, 0.5) is 5.13 Å². The molecule has 1 saturated heterocycles. The van der Waals surface area contributed by atoms with E-state index in [9.17, 15) is 4.79 Å². The first kappa shape index (κ1) is 20.0. The minimum Gasteiger partial charge on any atom is -0.493 e. The van der Waals surface area contributed by atoms with E-state index >= 15 is 0 Å². The molecule has 0 radical (unpaired) electrons. The second-order valence-electron chi connectivity index (χ2n) is 7.97. The summed E-state index contributed by atoms with van der Waals surface area (Å²) >= 11 is 1.53. The monoisotopic (exact) mass is 436 g/mol. The van der Waals surface area contributed by atoms with E-state index in [1.54, 1.807) is 18.1 Å². The number of hydrogen-bond donors (Lipinski definition) is 0. The summed E-state index contributed by atoms with van der Waals surface area (Å²) in [5.41, 5.74) is 3.80. The Labute approximate surface area is 184 Å². The summed E-state index contributed by atoms with van der Waals surface area (Å²) in [6.45, 7) is 5.31. The van der Waals surface area contributed by atoms with Crippen LogP contribution in [0.2, 0.25) is 0 Å². The number of para-hydroxylation sites is 1. The number of rotatable bonds is 5. The number of aryl methyl sites for hydroxylation is 2. The Kier molecular flexibility index (Phi) is 5.16. The third-order valence-corrected chi connectivity index (χ3v) is 6.86. The second kappa shape index (κ2) is 7.98. The highest BCUT2D eigenvalue weighted by atomic mass is 32.1. The lowest BCUT2D eigenvalue weighted by Gasteiger charge is -2.22. The molecule has 2 aromatic heterocycles. The van der Waals surface area contributed by atoms with Gasteiger partial charge in [0.1, 0.15) is 0 Å². The molecule has 7 heteroatoms. The molecule has 6 nitrogen and oxygen atoms in total. The van der Waals surface area contributed by atoms with Crippen LogP contribution >= 0.6 is 11.3 Å². The van der Waals surface area contributed by atoms with E-state index in [4.69, 9.17) is 18.9 Å². The zero-order chi connectivity index (χ0) is 21.5. The summed E-state index contributed by atoms with van der Waals surface area (Å²) in [6, 6.07) is 11.6. The van der Waals surface area contributed by atoms with Crippen molar-refractivity contribution >= 4 is 43.6 Å². The lowest BCUT2D eigenvalue weighted by Crippen LogP contribution is -2.37. The van der Waals surface area contributed by atoms with Crippen LogP contribution in [0.25, 0.3) is 21.2 Å². The number of hydrogen-bond acceptors (Lipinski definition) is 6. The molecule has 160 valence electrons. The Morgan fingerprint density at radius 3 is 2.94 bits per heavy atom. The highest BCUT2D eigenvalue weighted by Crippen LogP contribution is 2.35. The van der Waals surface area contributed by atoms with Crippen molar-refractivity contribution < 1.29 is 18.7 Å². The smallest absolute Gasteiger partial charge is 0.295 e. The molecule has 1 aliphatic rings. The topological polar surface area (TPSA) is 64.8 Å². The summed E-state index contributed by atoms with van der Waals surface area (Å²) in [6.07, 6.45) is 1.94. The van der Waals surface area contributed by atoms with Crippen LogP contribution < -0.4 is 9.64 Å². The lowest BCUT2D eigenvalue weighted by molar-refractivity contribution is 0.0896. The molecular formula is C24H24N2O4S. The normalized spacial score (nSPS) is 16.3. The SMILES string of the molecule is COc1cccc2cc(C(=O)N(CC3CCCO3)c3nc4cc(C)cc(C)c4s3)oc12. The van der Waals surface area contributed by atoms with Crippen molar-refractivity contribution in [3.05, 3.63) is 53.3 Å². The van der Waals surface area contributed by atoms with Gasteiger partial charge in [0, 0.05) is 12.0 Å². The maximum absolute atomic E-state index is 13.6. The van der Waals surface area contributed by atoms with Crippen LogP contribution in [0.15, 0.2) is 40.8 Å². The third-order valence-electron chi connectivity index (χ3n) is 5.63. The molecule has 2 aromatic carbocycles. The van der Waals surface area contributed by atoms with Crippen molar-refractivity contribution in [3.8, 4) is 5.75 Å². The van der Waals surface area contributed by atoms with Gasteiger partial charge in [0.2, 0.25) is 0 Å². The molecule has 1 unspecified atom stereocenters. The van der Waals surface area contributed by atoms with E-state index in [2.05, 4.69) is 26.0 Å². The number of methoxy groups -OCH3 is 1. The first-order valence-electron chi connectivity index (χ1n) is 10.4. The molecule has 0 bridgehead atoms. The number of thiazole rings is 1. The summed E-state index contributed by atoms with van der Waals surface area (Å²) in [7, 11) is 1.59. The fourth-order valence-corrected chi connectivity index (χ4v) is 5.18. The maximum Gasteiger partial charge on any atom is 0.295 e. The summed E-state index contributed by atoms with van der Waals surface area (Å²) in [5.74, 6) is 0.653. The van der Waals surface area contributed by atoms with Crippen molar-refractivity contribution in [2.24, 2.45) is 0 Å². The van der Waals surface area contributed by atoms with Gasteiger partial charge in [-0.1, -0.05) is 29.5 Å². The fourth-order valence-electron chi connectivity index (χ4n) is 4.16. The zero-order valence-corrected chi connectivity index (χ0v) is 18.6. The van der Waals surface area contributed by atoms with E-state index in [0.29, 0.717) is 23.0 Å². The zero-order valence-electron chi connectivity index (χ0n) is 17.8. The minimum absolute atomic E-state index is 0.00212. The summed E-state index contributed by atoms with van der Waals surface area (Å²) in [5, 5.41) is 1.49. The Balaban J connectivity index is 1.57. The molecule has 31 heavy (non-hydrogen) atoms. The van der Waals surface area contributed by atoms with E-state index in [0.717, 1.165) is 46.2 Å². The number of carbonyl (C=O) groups excluding carboxylic acids is 1. The number of anilines is 1. The quantitative estimate of drug-likeness (QED) is 0.414. The molecular weight excluding hydrogens is 412 g/mol. The Morgan fingerprint density at radius 1 is 1.29 bits per heavy atom. The van der Waals surface area contributed by atoms with Gasteiger partial charge in [-0.3, -0.25) is 9.69 Å². The van der Waals surface area contributed by atoms with E-state index < -0.39 is 0 Å². The Bertz CT molecular complexity index is 1270. The van der Waals surface area contributed by atoms with E-state index in [-0.39, 0.29) is 17.8 Å². The van der Waals surface area contributed by atoms with Crippen LogP contribution in [-0.2, 0) is 4.74 Å². The van der Waals surface area contributed by atoms with Crippen molar-refractivity contribution in [2.45, 2.75) is 32.8 Å². The van der Waals surface area contributed by atoms with Gasteiger partial charge in [-0.2, -0.15) is 0 Å². The van der Waals surface area contributed by atoms with E-state index in [1.165, 1.54) is 11.3 Å². The van der Waals surface area contributed by atoms with Gasteiger partial charge in [-0.25, -0.2) is 4.98 Å². The number of furan rings is 1. The molecule has 1 aliphatic heterocycles. The summed E-state index contributed by atoms with van der Waals surface area (Å²) in [4.78, 5) is 20.2. The van der Waals surface area contributed by atoms with Crippen molar-refractivity contribution in [3.63, 3.8) is 0 Å². The van der Waals surface area contributed by atoms with Crippen LogP contribution in [0.5, 0.6) is 5.75 Å². The minimum atomic E-state index is -0.220. The molecule has 4 aromatic rings. The maximum atomic E-state index is 13.6. The highest BCUT2D eigenvalue weighted by Gasteiger charge is 2.29. The molecule has 5 rings (SSSR count). The van der Waals surface area contributed by atoms with Gasteiger partial charge in [-0.15, -0.1) is 0 Å². The number of ether oxygens (including phenoxy) is 2. The Morgan fingerprint density at radius 2 is 2.16 bits per heavy atom. The van der Waals surface area contributed by atoms with Gasteiger partial charge >= 0.3 is 0 Å². The lowest BCUT2D eigenvalue weighted by atomic mass is 10.1. The predicted octanol–water partition coefficient (Wildman–Crippen LogP) is 5.49. The molecule has 0 N–H and O–H groups in total. The predicted molar refractivity (Wildman–Crippen MR) is 123 cm³/mol. The van der Waals surface area contributed by atoms with Gasteiger partial charge in [-0.05, 0) is 56.0 Å². The molecule has 0 aliphatic carbocycles. The first-order chi connectivity index (χ1) is 15.0. The Hall–Kier alpha value is -2.90. The number of fused-ring (bicyclic) bond motifs is 2. The van der Waals surface area contributed by atoms with Crippen molar-refractivity contribution in [2.75, 3.05) is 25.2 Å². The number of nitrogens with zero attached hydrogens (tertiary/aromatic N) is 2. The highest BCUT2D eigenvalue weighted by molar-refractivity contribution is 7.22. The van der Waals surface area contributed by atoms with Gasteiger partial charge in [0.05, 0.1) is 30.0 Å². The third kappa shape index (κ3) is 3.68. The van der Waals surface area contributed by atoms with Gasteiger partial charge < -0.3 is 13.9 Å². The molecule has 0 saturated carbocycles. The standard InChI is InChI=1S/C24H24N2O4S/c1-14-10-15(2)22-18(11-14)25-24(31-22)26(13-17-7-5-9-29-17)23(27)20-12-16-6-4-8-19(28-3)21(16)30-20/h4,6,8,10-12,17H,5,7,9,13H2,1-3H3. The number of benzene rings is 2. The number of aromatic nitrogens is 1. The number of amides is 1. The van der Waals surface area contributed by atoms with E-state index in [1.807, 2.05) is 18.2 Å². The first-order valence-corrected chi connectivity index (χ1v) is 11.2. The van der Waals surface area contributed by atoms with Gasteiger partial charge in [0.25, 0.3) is 5.91 Å². The fraction of sp³-hybridized carbons (Fsp3) is 0.333. The average Bonchev–Trinajstić information content (AvgIpc) is 3.49. The van der Waals surface area contributed by atoms with Crippen LogP contribution in [0.1, 0.15) is 34.5 Å². The molecule has 3 heterocycles. The molecule has 0 spiro atoms. The average molecular weight is 437 g/mol. The second-order valence-corrected chi connectivity index (χ2v) is 8.94. The van der Waals surface area contributed by atoms with Crippen LogP contribution in [0.3, 0.4) is 0 Å². The van der Waals surface area contributed by atoms with Gasteiger partial charge in [0.15, 0.2) is 22.2 Å². The van der Waals surface area contributed by atoms with Crippen molar-refractivity contribution in [1.29, 1.82) is 0 Å². The molecule has 1 fully saturated rings. The van der Waals surface area contributed by atoms with Crippen LogP contribution in [0, 0.1) is 13.8 Å². The van der Waals surface area contributed by atoms with Crippen LogP contribution in [-0.4, -0.2) is 37.3 Å². The molecule has 1 amide bonds. The molecule has 1 atom stereocenters. The largest absolute Gasteiger partial charge is 0.493 e. The number of carbonyl (C=O) groups is 1.